The third kappa shape index (κ3) is 4.95. The highest BCUT2D eigenvalue weighted by Gasteiger charge is 2.12. The van der Waals surface area contributed by atoms with E-state index < -0.39 is 0 Å². The number of carbonyl (C=O) groups is 2. The van der Waals surface area contributed by atoms with Crippen molar-refractivity contribution in [3.05, 3.63) is 29.8 Å². The Hall–Kier alpha value is -1.72. The smallest absolute Gasteiger partial charge is 0.225 e. The number of nitrogens with one attached hydrogen (secondary N) is 1. The first-order valence-corrected chi connectivity index (χ1v) is 7.54. The molecule has 0 spiro atoms. The second-order valence-corrected chi connectivity index (χ2v) is 5.41. The number of ketones is 1. The predicted octanol–water partition coefficient (Wildman–Crippen LogP) is 1.64. The molecular weight excluding hydrogens is 266 g/mol. The fourth-order valence-corrected chi connectivity index (χ4v) is 2.52. The number of carbonyl (C=O) groups excluding carboxylic acids is 2. The molecule has 1 amide bonds. The molecule has 1 saturated heterocycles. The minimum atomic E-state index is -0.0991. The molecule has 0 aliphatic carbocycles. The molecule has 3 N–H and O–H groups in total. The van der Waals surface area contributed by atoms with Crippen LogP contribution < -0.4 is 11.1 Å². The van der Waals surface area contributed by atoms with E-state index in [1.807, 2.05) is 0 Å². The van der Waals surface area contributed by atoms with E-state index in [4.69, 9.17) is 5.73 Å². The Kier molecular flexibility index (Phi) is 5.90. The summed E-state index contributed by atoms with van der Waals surface area (Å²) in [7, 11) is 0. The average molecular weight is 289 g/mol. The van der Waals surface area contributed by atoms with Gasteiger partial charge < -0.3 is 16.0 Å². The van der Waals surface area contributed by atoms with Crippen LogP contribution in [0, 0.1) is 0 Å². The molecule has 0 saturated carbocycles. The molecular formula is C16H23N3O2. The van der Waals surface area contributed by atoms with Gasteiger partial charge in [-0.2, -0.15) is 0 Å². The van der Waals surface area contributed by atoms with E-state index in [-0.39, 0.29) is 18.2 Å². The van der Waals surface area contributed by atoms with Gasteiger partial charge >= 0.3 is 0 Å². The van der Waals surface area contributed by atoms with Crippen LogP contribution in [-0.4, -0.2) is 42.8 Å². The van der Waals surface area contributed by atoms with Gasteiger partial charge in [-0.25, -0.2) is 0 Å². The normalized spacial score (nSPS) is 15.7. The minimum absolute atomic E-state index is 0.00153. The van der Waals surface area contributed by atoms with E-state index >= 15 is 0 Å². The Morgan fingerprint density at radius 1 is 1.10 bits per heavy atom. The summed E-state index contributed by atoms with van der Waals surface area (Å²) in [5.41, 5.74) is 6.60. The van der Waals surface area contributed by atoms with Crippen molar-refractivity contribution < 1.29 is 9.59 Å². The standard InChI is InChI=1S/C16H23N3O2/c17-12-15(20)13-4-6-14(7-5-13)18-16(21)8-11-19-9-2-1-3-10-19/h4-7H,1-3,8-12,17H2,(H,18,21). The highest BCUT2D eigenvalue weighted by molar-refractivity contribution is 5.98. The number of rotatable bonds is 6. The summed E-state index contributed by atoms with van der Waals surface area (Å²) in [4.78, 5) is 25.7. The van der Waals surface area contributed by atoms with Crippen LogP contribution in [0.5, 0.6) is 0 Å². The van der Waals surface area contributed by atoms with E-state index in [1.54, 1.807) is 24.3 Å². The van der Waals surface area contributed by atoms with Gasteiger partial charge in [0.15, 0.2) is 5.78 Å². The summed E-state index contributed by atoms with van der Waals surface area (Å²) >= 11 is 0. The number of amides is 1. The summed E-state index contributed by atoms with van der Waals surface area (Å²) in [6, 6.07) is 6.86. The number of Topliss-reactive ketones (excluding diaryl/α,β-unsaturated/α-hetero) is 1. The molecule has 1 aliphatic rings. The number of piperidine rings is 1. The molecule has 21 heavy (non-hydrogen) atoms. The molecule has 0 bridgehead atoms. The number of hydrogen-bond donors (Lipinski definition) is 2. The number of likely N-dealkylation sites (tertiary alicyclic amines) is 1. The van der Waals surface area contributed by atoms with Gasteiger partial charge in [-0.15, -0.1) is 0 Å². The molecule has 1 aromatic rings. The first kappa shape index (κ1) is 15.7. The average Bonchev–Trinajstić information content (AvgIpc) is 2.54. The maximum atomic E-state index is 11.9. The first-order chi connectivity index (χ1) is 10.2. The zero-order valence-corrected chi connectivity index (χ0v) is 12.3. The van der Waals surface area contributed by atoms with Crippen LogP contribution in [-0.2, 0) is 4.79 Å². The van der Waals surface area contributed by atoms with Crippen LogP contribution >= 0.6 is 0 Å². The molecule has 1 heterocycles. The molecule has 0 aromatic heterocycles. The summed E-state index contributed by atoms with van der Waals surface area (Å²) in [6.45, 7) is 3.02. The number of hydrogen-bond acceptors (Lipinski definition) is 4. The molecule has 1 fully saturated rings. The molecule has 5 nitrogen and oxygen atoms in total. The van der Waals surface area contributed by atoms with Crippen LogP contribution in [0.1, 0.15) is 36.0 Å². The maximum absolute atomic E-state index is 11.9. The topological polar surface area (TPSA) is 75.4 Å². The molecule has 0 atom stereocenters. The van der Waals surface area contributed by atoms with E-state index in [9.17, 15) is 9.59 Å². The van der Waals surface area contributed by atoms with E-state index in [0.29, 0.717) is 17.7 Å². The number of nitrogens with zero attached hydrogens (tertiary/aromatic N) is 1. The predicted molar refractivity (Wildman–Crippen MR) is 83.4 cm³/mol. The Morgan fingerprint density at radius 3 is 2.38 bits per heavy atom. The Morgan fingerprint density at radius 2 is 1.76 bits per heavy atom. The van der Waals surface area contributed by atoms with E-state index in [1.165, 1.54) is 19.3 Å². The zero-order valence-electron chi connectivity index (χ0n) is 12.3. The lowest BCUT2D eigenvalue weighted by Gasteiger charge is -2.25. The molecule has 2 rings (SSSR count). The fraction of sp³-hybridized carbons (Fsp3) is 0.500. The lowest BCUT2D eigenvalue weighted by atomic mass is 10.1. The van der Waals surface area contributed by atoms with Gasteiger partial charge in [0.2, 0.25) is 5.91 Å². The lowest BCUT2D eigenvalue weighted by molar-refractivity contribution is -0.116. The molecule has 5 heteroatoms. The van der Waals surface area contributed by atoms with Crippen molar-refractivity contribution in [2.75, 3.05) is 31.5 Å². The minimum Gasteiger partial charge on any atom is -0.326 e. The third-order valence-corrected chi connectivity index (χ3v) is 3.78. The van der Waals surface area contributed by atoms with E-state index in [0.717, 1.165) is 19.6 Å². The lowest BCUT2D eigenvalue weighted by Crippen LogP contribution is -2.32. The van der Waals surface area contributed by atoms with Gasteiger partial charge in [-0.05, 0) is 50.2 Å². The summed E-state index contributed by atoms with van der Waals surface area (Å²) in [5, 5.41) is 2.86. The highest BCUT2D eigenvalue weighted by atomic mass is 16.1. The summed E-state index contributed by atoms with van der Waals surface area (Å²) in [6.07, 6.45) is 4.27. The van der Waals surface area contributed by atoms with Crippen LogP contribution in [0.3, 0.4) is 0 Å². The molecule has 1 aromatic carbocycles. The van der Waals surface area contributed by atoms with Gasteiger partial charge in [0, 0.05) is 24.2 Å². The number of anilines is 1. The quantitative estimate of drug-likeness (QED) is 0.781. The van der Waals surface area contributed by atoms with Gasteiger partial charge in [0.25, 0.3) is 0 Å². The summed E-state index contributed by atoms with van der Waals surface area (Å²) in [5.74, 6) is -0.0866. The van der Waals surface area contributed by atoms with Gasteiger partial charge in [0.1, 0.15) is 0 Å². The zero-order chi connectivity index (χ0) is 15.1. The third-order valence-electron chi connectivity index (χ3n) is 3.78. The number of benzene rings is 1. The van der Waals surface area contributed by atoms with Crippen molar-refractivity contribution in [2.24, 2.45) is 5.73 Å². The first-order valence-electron chi connectivity index (χ1n) is 7.54. The Balaban J connectivity index is 1.77. The van der Waals surface area contributed by atoms with Crippen molar-refractivity contribution in [1.29, 1.82) is 0 Å². The van der Waals surface area contributed by atoms with Crippen molar-refractivity contribution >= 4 is 17.4 Å². The fourth-order valence-electron chi connectivity index (χ4n) is 2.52. The van der Waals surface area contributed by atoms with Crippen molar-refractivity contribution in [1.82, 2.24) is 4.90 Å². The molecule has 0 radical (unpaired) electrons. The molecule has 0 unspecified atom stereocenters. The maximum Gasteiger partial charge on any atom is 0.225 e. The monoisotopic (exact) mass is 289 g/mol. The SMILES string of the molecule is NCC(=O)c1ccc(NC(=O)CCN2CCCCC2)cc1. The van der Waals surface area contributed by atoms with E-state index in [2.05, 4.69) is 10.2 Å². The molecule has 1 aliphatic heterocycles. The Labute approximate surface area is 125 Å². The highest BCUT2D eigenvalue weighted by Crippen LogP contribution is 2.12. The second kappa shape index (κ2) is 7.90. The van der Waals surface area contributed by atoms with Gasteiger partial charge in [-0.1, -0.05) is 6.42 Å². The van der Waals surface area contributed by atoms with Crippen molar-refractivity contribution in [3.8, 4) is 0 Å². The van der Waals surface area contributed by atoms with Gasteiger partial charge in [0.05, 0.1) is 6.54 Å². The van der Waals surface area contributed by atoms with Crippen LogP contribution in [0.4, 0.5) is 5.69 Å². The van der Waals surface area contributed by atoms with Crippen LogP contribution in [0.15, 0.2) is 24.3 Å². The van der Waals surface area contributed by atoms with Crippen LogP contribution in [0.25, 0.3) is 0 Å². The van der Waals surface area contributed by atoms with Crippen molar-refractivity contribution in [3.63, 3.8) is 0 Å². The summed E-state index contributed by atoms with van der Waals surface area (Å²) < 4.78 is 0. The number of nitrogens with two attached hydrogens (primary N) is 1. The second-order valence-electron chi connectivity index (χ2n) is 5.41. The van der Waals surface area contributed by atoms with Gasteiger partial charge in [-0.3, -0.25) is 9.59 Å². The van der Waals surface area contributed by atoms with Crippen molar-refractivity contribution in [2.45, 2.75) is 25.7 Å². The van der Waals surface area contributed by atoms with Crippen LogP contribution in [0.2, 0.25) is 0 Å². The Bertz CT molecular complexity index is 479. The largest absolute Gasteiger partial charge is 0.326 e. The molecule has 114 valence electrons.